The van der Waals surface area contributed by atoms with Gasteiger partial charge in [0.05, 0.1) is 0 Å². The summed E-state index contributed by atoms with van der Waals surface area (Å²) >= 11 is 0. The first kappa shape index (κ1) is 18.1. The van der Waals surface area contributed by atoms with E-state index in [4.69, 9.17) is 0 Å². The third-order valence-electron chi connectivity index (χ3n) is 2.25. The van der Waals surface area contributed by atoms with Gasteiger partial charge >= 0.3 is 18.3 Å². The monoisotopic (exact) mass is 341 g/mol. The second-order valence-corrected chi connectivity index (χ2v) is 3.77. The Morgan fingerprint density at radius 2 is 1.27 bits per heavy atom. The Labute approximate surface area is 114 Å². The number of rotatable bonds is 2. The van der Waals surface area contributed by atoms with Crippen LogP contribution in [0.4, 0.5) is 39.5 Å². The van der Waals surface area contributed by atoms with E-state index in [9.17, 15) is 49.4 Å². The van der Waals surface area contributed by atoms with Crippen molar-refractivity contribution >= 4 is 5.97 Å². The second-order valence-electron chi connectivity index (χ2n) is 3.77. The predicted molar refractivity (Wildman–Crippen MR) is 46.8 cm³/mol. The van der Waals surface area contributed by atoms with Gasteiger partial charge in [-0.05, 0) is 0 Å². The number of alkyl halides is 6. The lowest BCUT2D eigenvalue weighted by molar-refractivity contribution is -0.573. The number of benzene rings is 1. The van der Waals surface area contributed by atoms with Gasteiger partial charge in [0.15, 0.2) is 23.1 Å². The zero-order valence-electron chi connectivity index (χ0n) is 9.78. The molecule has 22 heavy (non-hydrogen) atoms. The Morgan fingerprint density at radius 1 is 0.909 bits per heavy atom. The highest BCUT2D eigenvalue weighted by molar-refractivity contribution is 5.83. The van der Waals surface area contributed by atoms with Crippen LogP contribution < -0.4 is 9.84 Å². The molecule has 0 atom stereocenters. The van der Waals surface area contributed by atoms with Crippen LogP contribution in [0, 0.1) is 17.5 Å². The third-order valence-corrected chi connectivity index (χ3v) is 2.25. The molecule has 0 saturated heterocycles. The maximum Gasteiger partial charge on any atom is 0.399 e. The van der Waals surface area contributed by atoms with Gasteiger partial charge in [0.1, 0.15) is 5.75 Å². The van der Waals surface area contributed by atoms with Crippen molar-refractivity contribution in [2.75, 3.05) is 0 Å². The Balaban J connectivity index is 3.25. The zero-order valence-corrected chi connectivity index (χ0v) is 9.78. The summed E-state index contributed by atoms with van der Waals surface area (Å²) in [5.74, 6) is -11.2. The highest BCUT2D eigenvalue weighted by Gasteiger charge is 2.68. The van der Waals surface area contributed by atoms with Crippen molar-refractivity contribution in [2.24, 2.45) is 0 Å². The summed E-state index contributed by atoms with van der Waals surface area (Å²) in [4.78, 5) is 10.9. The molecule has 0 spiro atoms. The predicted octanol–water partition coefficient (Wildman–Crippen LogP) is 2.23. The maximum atomic E-state index is 12.7. The van der Waals surface area contributed by atoms with E-state index in [1.807, 2.05) is 0 Å². The number of hydrogen-bond acceptors (Lipinski definition) is 3. The van der Waals surface area contributed by atoms with E-state index < -0.39 is 47.1 Å². The number of ether oxygens (including phenoxy) is 1. The number of carbonyl (C=O) groups excluding carboxylic acids is 1. The Morgan fingerprint density at radius 3 is 1.59 bits per heavy atom. The van der Waals surface area contributed by atoms with Crippen molar-refractivity contribution in [2.45, 2.75) is 18.0 Å². The third kappa shape index (κ3) is 2.96. The number of esters is 1. The van der Waals surface area contributed by atoms with Gasteiger partial charge in [-0.15, -0.1) is 0 Å². The van der Waals surface area contributed by atoms with Crippen molar-refractivity contribution in [3.05, 3.63) is 29.6 Å². The molecule has 3 nitrogen and oxygen atoms in total. The number of halogens is 9. The molecule has 1 aromatic carbocycles. The van der Waals surface area contributed by atoms with E-state index in [0.717, 1.165) is 0 Å². The lowest BCUT2D eigenvalue weighted by Crippen LogP contribution is -2.72. The van der Waals surface area contributed by atoms with E-state index >= 15 is 0 Å². The van der Waals surface area contributed by atoms with Gasteiger partial charge in [-0.25, -0.2) is 13.2 Å². The molecule has 0 amide bonds. The lowest BCUT2D eigenvalue weighted by atomic mass is 10.0. The number of hydrogen-bond donors (Lipinski definition) is 0. The highest BCUT2D eigenvalue weighted by Crippen LogP contribution is 2.41. The Hall–Kier alpha value is -1.98. The smallest absolute Gasteiger partial charge is 0.399 e. The normalized spacial score (nSPS) is 13.2. The topological polar surface area (TPSA) is 49.4 Å². The molecule has 0 unspecified atom stereocenters. The van der Waals surface area contributed by atoms with Gasteiger partial charge in [0, 0.05) is 12.1 Å². The molecule has 0 N–H and O–H groups in total. The van der Waals surface area contributed by atoms with Gasteiger partial charge in [0.25, 0.3) is 0 Å². The van der Waals surface area contributed by atoms with Crippen LogP contribution in [-0.2, 0) is 4.79 Å². The molecule has 0 fully saturated rings. The molecule has 0 bridgehead atoms. The molecule has 0 heterocycles. The molecule has 0 radical (unpaired) electrons. The highest BCUT2D eigenvalue weighted by atomic mass is 19.4. The van der Waals surface area contributed by atoms with Crippen molar-refractivity contribution in [1.29, 1.82) is 0 Å². The van der Waals surface area contributed by atoms with Gasteiger partial charge < -0.3 is 9.84 Å². The molecule has 1 rings (SSSR count). The van der Waals surface area contributed by atoms with Crippen molar-refractivity contribution in [1.82, 2.24) is 0 Å². The minimum absolute atomic E-state index is 0.205. The average Bonchev–Trinajstić information content (AvgIpc) is 2.31. The summed E-state index contributed by atoms with van der Waals surface area (Å²) in [5.41, 5.74) is -6.18. The molecule has 1 aromatic rings. The minimum atomic E-state index is -6.64. The fourth-order valence-electron chi connectivity index (χ4n) is 1.16. The van der Waals surface area contributed by atoms with E-state index in [-0.39, 0.29) is 12.1 Å². The first-order chi connectivity index (χ1) is 9.71. The van der Waals surface area contributed by atoms with Gasteiger partial charge in [-0.3, -0.25) is 4.79 Å². The second kappa shape index (κ2) is 5.34. The summed E-state index contributed by atoms with van der Waals surface area (Å²) in [6.45, 7) is 0. The minimum Gasteiger partial charge on any atom is -0.828 e. The van der Waals surface area contributed by atoms with Gasteiger partial charge in [0.2, 0.25) is 0 Å². The lowest BCUT2D eigenvalue weighted by Gasteiger charge is -2.39. The molecule has 0 aliphatic rings. The van der Waals surface area contributed by atoms with Crippen LogP contribution in [0.25, 0.3) is 0 Å². The maximum absolute atomic E-state index is 12.7. The standard InChI is InChI=1S/C10H2F9O3/c11-4-1-3(2-5(12)6(4)13)22-7(20)8(21,9(14,15)16)10(17,18)19/h1-2H/q-1. The SMILES string of the molecule is O=C(Oc1cc(F)c(F)c(F)c1)C([O-])(C(F)(F)F)C(F)(F)F. The van der Waals surface area contributed by atoms with Crippen molar-refractivity contribution in [3.63, 3.8) is 0 Å². The summed E-state index contributed by atoms with van der Waals surface area (Å²) < 4.78 is 115. The Bertz CT molecular complexity index is 553. The first-order valence-electron chi connectivity index (χ1n) is 4.92. The summed E-state index contributed by atoms with van der Waals surface area (Å²) in [7, 11) is 0. The molecule has 12 heteroatoms. The van der Waals surface area contributed by atoms with E-state index in [0.29, 0.717) is 0 Å². The van der Waals surface area contributed by atoms with Crippen LogP contribution in [0.2, 0.25) is 0 Å². The number of carbonyl (C=O) groups is 1. The Kier molecular flexibility index (Phi) is 4.38. The summed E-state index contributed by atoms with van der Waals surface area (Å²) in [6.07, 6.45) is -13.3. The summed E-state index contributed by atoms with van der Waals surface area (Å²) in [5, 5.41) is 10.9. The van der Waals surface area contributed by atoms with E-state index in [1.165, 1.54) is 0 Å². The van der Waals surface area contributed by atoms with Crippen molar-refractivity contribution in [3.8, 4) is 5.75 Å². The van der Waals surface area contributed by atoms with Crippen LogP contribution >= 0.6 is 0 Å². The molecular formula is C10H2F9O3-. The van der Waals surface area contributed by atoms with Crippen LogP contribution in [0.5, 0.6) is 5.75 Å². The molecular weight excluding hydrogens is 339 g/mol. The molecule has 124 valence electrons. The quantitative estimate of drug-likeness (QED) is 0.359. The van der Waals surface area contributed by atoms with Crippen LogP contribution in [0.15, 0.2) is 12.1 Å². The molecule has 0 aliphatic carbocycles. The van der Waals surface area contributed by atoms with E-state index in [1.54, 1.807) is 0 Å². The van der Waals surface area contributed by atoms with Gasteiger partial charge in [-0.2, -0.15) is 26.3 Å². The van der Waals surface area contributed by atoms with Gasteiger partial charge in [-0.1, -0.05) is 0 Å². The fourth-order valence-corrected chi connectivity index (χ4v) is 1.16. The summed E-state index contributed by atoms with van der Waals surface area (Å²) in [6, 6.07) is -0.410. The molecule has 0 aliphatic heterocycles. The van der Waals surface area contributed by atoms with Crippen LogP contribution in [-0.4, -0.2) is 23.9 Å². The fraction of sp³-hybridized carbons (Fsp3) is 0.300. The average molecular weight is 341 g/mol. The van der Waals surface area contributed by atoms with E-state index in [2.05, 4.69) is 4.74 Å². The molecule has 0 saturated carbocycles. The first-order valence-corrected chi connectivity index (χ1v) is 4.92. The van der Waals surface area contributed by atoms with Crippen LogP contribution in [0.3, 0.4) is 0 Å². The van der Waals surface area contributed by atoms with Crippen molar-refractivity contribution < 1.29 is 54.2 Å². The van der Waals surface area contributed by atoms with Crippen LogP contribution in [0.1, 0.15) is 0 Å². The molecule has 0 aromatic heterocycles. The zero-order chi connectivity index (χ0) is 17.5. The largest absolute Gasteiger partial charge is 0.828 e.